The number of nitrogens with one attached hydrogen (secondary N) is 1. The molecule has 6 nitrogen and oxygen atoms in total. The van der Waals surface area contributed by atoms with Crippen molar-refractivity contribution in [1.82, 2.24) is 5.32 Å². The fourth-order valence-electron chi connectivity index (χ4n) is 1.61. The molecule has 0 atom stereocenters. The van der Waals surface area contributed by atoms with Crippen molar-refractivity contribution in [3.05, 3.63) is 22.7 Å². The van der Waals surface area contributed by atoms with Gasteiger partial charge in [-0.25, -0.2) is 8.42 Å². The summed E-state index contributed by atoms with van der Waals surface area (Å²) in [5, 5.41) is 2.63. The molecule has 118 valence electrons. The van der Waals surface area contributed by atoms with Crippen LogP contribution >= 0.6 is 22.3 Å². The Morgan fingerprint density at radius 3 is 2.57 bits per heavy atom. The summed E-state index contributed by atoms with van der Waals surface area (Å²) in [6.45, 7) is 2.97. The molecular formula is C12H15Cl2NO5S. The van der Waals surface area contributed by atoms with Crippen molar-refractivity contribution in [2.24, 2.45) is 0 Å². The fraction of sp³-hybridized carbons (Fsp3) is 0.417. The van der Waals surface area contributed by atoms with Crippen molar-refractivity contribution in [2.75, 3.05) is 26.9 Å². The highest BCUT2D eigenvalue weighted by molar-refractivity contribution is 8.13. The Hall–Kier alpha value is -1.02. The Morgan fingerprint density at radius 1 is 1.38 bits per heavy atom. The van der Waals surface area contributed by atoms with Gasteiger partial charge in [0.1, 0.15) is 4.90 Å². The van der Waals surface area contributed by atoms with Crippen molar-refractivity contribution in [2.45, 2.75) is 11.8 Å². The van der Waals surface area contributed by atoms with E-state index in [4.69, 9.17) is 31.8 Å². The van der Waals surface area contributed by atoms with Gasteiger partial charge in [-0.05, 0) is 19.1 Å². The van der Waals surface area contributed by atoms with Gasteiger partial charge >= 0.3 is 0 Å². The van der Waals surface area contributed by atoms with E-state index < -0.39 is 15.0 Å². The van der Waals surface area contributed by atoms with E-state index >= 15 is 0 Å². The molecule has 21 heavy (non-hydrogen) atoms. The molecule has 0 spiro atoms. The molecule has 0 bridgehead atoms. The van der Waals surface area contributed by atoms with Crippen molar-refractivity contribution in [3.8, 4) is 5.75 Å². The number of ether oxygens (including phenoxy) is 2. The van der Waals surface area contributed by atoms with Gasteiger partial charge in [0, 0.05) is 28.9 Å². The van der Waals surface area contributed by atoms with Gasteiger partial charge in [-0.3, -0.25) is 4.79 Å². The van der Waals surface area contributed by atoms with E-state index in [-0.39, 0.29) is 27.8 Å². The first-order valence-electron chi connectivity index (χ1n) is 5.99. The second kappa shape index (κ2) is 7.84. The zero-order chi connectivity index (χ0) is 16.0. The molecule has 0 fully saturated rings. The number of carbonyl (C=O) groups excluding carboxylic acids is 1. The molecular weight excluding hydrogens is 341 g/mol. The van der Waals surface area contributed by atoms with Gasteiger partial charge in [0.05, 0.1) is 19.3 Å². The molecule has 1 amide bonds. The van der Waals surface area contributed by atoms with Gasteiger partial charge in [0.2, 0.25) is 0 Å². The van der Waals surface area contributed by atoms with E-state index in [0.717, 1.165) is 6.07 Å². The lowest BCUT2D eigenvalue weighted by Gasteiger charge is -2.12. The zero-order valence-corrected chi connectivity index (χ0v) is 13.8. The number of carbonyl (C=O) groups is 1. The lowest BCUT2D eigenvalue weighted by molar-refractivity contribution is 0.0919. The predicted molar refractivity (Wildman–Crippen MR) is 79.9 cm³/mol. The van der Waals surface area contributed by atoms with Crippen LogP contribution in [0.2, 0.25) is 5.02 Å². The maximum Gasteiger partial charge on any atom is 0.265 e. The smallest absolute Gasteiger partial charge is 0.265 e. The molecule has 0 aliphatic heterocycles. The first kappa shape index (κ1) is 18.0. The monoisotopic (exact) mass is 355 g/mol. The average molecular weight is 356 g/mol. The van der Waals surface area contributed by atoms with E-state index in [0.29, 0.717) is 13.2 Å². The van der Waals surface area contributed by atoms with Gasteiger partial charge < -0.3 is 14.8 Å². The Labute approximate surface area is 132 Å². The Bertz CT molecular complexity index is 618. The third-order valence-corrected chi connectivity index (χ3v) is 4.01. The van der Waals surface area contributed by atoms with Gasteiger partial charge in [0.25, 0.3) is 15.0 Å². The third kappa shape index (κ3) is 5.03. The van der Waals surface area contributed by atoms with Gasteiger partial charge in [-0.2, -0.15) is 0 Å². The topological polar surface area (TPSA) is 81.7 Å². The first-order valence-corrected chi connectivity index (χ1v) is 8.68. The van der Waals surface area contributed by atoms with Crippen molar-refractivity contribution < 1.29 is 22.7 Å². The standard InChI is InChI=1S/C12H15Cl2NO5S/c1-3-20-5-4-15-12(16)9-6-8(13)7-10(11(9)19-2)21(14,17)18/h6-7H,3-5H2,1-2H3,(H,15,16). The largest absolute Gasteiger partial charge is 0.494 e. The van der Waals surface area contributed by atoms with E-state index in [1.165, 1.54) is 13.2 Å². The fourth-order valence-corrected chi connectivity index (χ4v) is 2.91. The quantitative estimate of drug-likeness (QED) is 0.597. The van der Waals surface area contributed by atoms with Crippen molar-refractivity contribution in [3.63, 3.8) is 0 Å². The van der Waals surface area contributed by atoms with Gasteiger partial charge in [0.15, 0.2) is 5.75 Å². The molecule has 0 unspecified atom stereocenters. The summed E-state index contributed by atoms with van der Waals surface area (Å²) in [6.07, 6.45) is 0. The van der Waals surface area contributed by atoms with Gasteiger partial charge in [-0.1, -0.05) is 11.6 Å². The van der Waals surface area contributed by atoms with Gasteiger partial charge in [-0.15, -0.1) is 0 Å². The maximum atomic E-state index is 12.1. The second-order valence-corrected chi connectivity index (χ2v) is 6.85. The highest BCUT2D eigenvalue weighted by Crippen LogP contribution is 2.33. The molecule has 0 heterocycles. The highest BCUT2D eigenvalue weighted by atomic mass is 35.7. The van der Waals surface area contributed by atoms with E-state index in [1.54, 1.807) is 0 Å². The maximum absolute atomic E-state index is 12.1. The lowest BCUT2D eigenvalue weighted by Crippen LogP contribution is -2.28. The minimum absolute atomic E-state index is 0.0132. The molecule has 0 aliphatic rings. The van der Waals surface area contributed by atoms with Crippen LogP contribution in [0, 0.1) is 0 Å². The summed E-state index contributed by atoms with van der Waals surface area (Å²) in [7, 11) is 2.47. The van der Waals surface area contributed by atoms with Crippen LogP contribution in [0.3, 0.4) is 0 Å². The number of benzene rings is 1. The Balaban J connectivity index is 3.12. The second-order valence-electron chi connectivity index (χ2n) is 3.88. The first-order chi connectivity index (χ1) is 9.81. The van der Waals surface area contributed by atoms with Crippen molar-refractivity contribution >= 4 is 37.2 Å². The zero-order valence-electron chi connectivity index (χ0n) is 11.5. The van der Waals surface area contributed by atoms with Crippen molar-refractivity contribution in [1.29, 1.82) is 0 Å². The summed E-state index contributed by atoms with van der Waals surface area (Å²) in [4.78, 5) is 11.7. The number of rotatable bonds is 7. The summed E-state index contributed by atoms with van der Waals surface area (Å²) < 4.78 is 33.1. The van der Waals surface area contributed by atoms with Crippen LogP contribution in [0.25, 0.3) is 0 Å². The molecule has 1 N–H and O–H groups in total. The number of amides is 1. The van der Waals surface area contributed by atoms with Crippen LogP contribution in [-0.4, -0.2) is 41.2 Å². The van der Waals surface area contributed by atoms with E-state index in [9.17, 15) is 13.2 Å². The normalized spacial score (nSPS) is 11.2. The molecule has 0 aliphatic carbocycles. The summed E-state index contributed by atoms with van der Waals surface area (Å²) >= 11 is 5.83. The molecule has 0 radical (unpaired) electrons. The van der Waals surface area contributed by atoms with Crippen LogP contribution < -0.4 is 10.1 Å². The number of hydrogen-bond donors (Lipinski definition) is 1. The third-order valence-electron chi connectivity index (χ3n) is 2.47. The summed E-state index contributed by atoms with van der Waals surface area (Å²) in [6, 6.07) is 2.43. The number of halogens is 2. The number of hydrogen-bond acceptors (Lipinski definition) is 5. The molecule has 1 aromatic carbocycles. The molecule has 1 aromatic rings. The molecule has 9 heteroatoms. The minimum atomic E-state index is -4.10. The molecule has 1 rings (SSSR count). The van der Waals surface area contributed by atoms with Crippen LogP contribution in [0.5, 0.6) is 5.75 Å². The van der Waals surface area contributed by atoms with E-state index in [1.807, 2.05) is 6.92 Å². The Morgan fingerprint density at radius 2 is 2.05 bits per heavy atom. The summed E-state index contributed by atoms with van der Waals surface area (Å²) in [5.41, 5.74) is -0.0132. The number of methoxy groups -OCH3 is 1. The molecule has 0 saturated carbocycles. The average Bonchev–Trinajstić information content (AvgIpc) is 2.41. The van der Waals surface area contributed by atoms with Crippen LogP contribution in [0.15, 0.2) is 17.0 Å². The Kier molecular flexibility index (Phi) is 6.73. The van der Waals surface area contributed by atoms with Crippen LogP contribution in [0.4, 0.5) is 0 Å². The highest BCUT2D eigenvalue weighted by Gasteiger charge is 2.24. The van der Waals surface area contributed by atoms with Crippen LogP contribution in [-0.2, 0) is 13.8 Å². The minimum Gasteiger partial charge on any atom is -0.494 e. The SMILES string of the molecule is CCOCCNC(=O)c1cc(Cl)cc(S(=O)(=O)Cl)c1OC. The lowest BCUT2D eigenvalue weighted by atomic mass is 10.2. The van der Waals surface area contributed by atoms with Crippen LogP contribution in [0.1, 0.15) is 17.3 Å². The van der Waals surface area contributed by atoms with E-state index in [2.05, 4.69) is 5.32 Å². The molecule has 0 aromatic heterocycles. The predicted octanol–water partition coefficient (Wildman–Crippen LogP) is 2.04. The molecule has 0 saturated heterocycles. The summed E-state index contributed by atoms with van der Waals surface area (Å²) in [5.74, 6) is -0.682.